The van der Waals surface area contributed by atoms with E-state index in [4.69, 9.17) is 0 Å². The summed E-state index contributed by atoms with van der Waals surface area (Å²) in [7, 11) is 0. The number of para-hydroxylation sites is 1. The maximum absolute atomic E-state index is 12.8. The summed E-state index contributed by atoms with van der Waals surface area (Å²) in [6.07, 6.45) is -3.29. The number of ether oxygens (including phenoxy) is 1. The minimum Gasteiger partial charge on any atom is -0.405 e. The van der Waals surface area contributed by atoms with Crippen molar-refractivity contribution in [2.24, 2.45) is 0 Å². The summed E-state index contributed by atoms with van der Waals surface area (Å²) in [5, 5.41) is 3.18. The predicted molar refractivity (Wildman–Crippen MR) is 108 cm³/mol. The largest absolute Gasteiger partial charge is 0.573 e. The Labute approximate surface area is 176 Å². The lowest BCUT2D eigenvalue weighted by atomic mass is 10.0. The van der Waals surface area contributed by atoms with Crippen LogP contribution in [-0.4, -0.2) is 53.3 Å². The first kappa shape index (κ1) is 20.8. The first-order chi connectivity index (χ1) is 14.9. The average Bonchev–Trinajstić information content (AvgIpc) is 2.79. The van der Waals surface area contributed by atoms with Crippen molar-refractivity contribution in [3.8, 4) is 28.1 Å². The molecule has 0 atom stereocenters. The Morgan fingerprint density at radius 1 is 1.00 bits per heavy atom. The molecule has 4 rings (SSSR count). The molecule has 1 amide bonds. The van der Waals surface area contributed by atoms with Crippen LogP contribution in [0.5, 0.6) is 5.75 Å². The van der Waals surface area contributed by atoms with Gasteiger partial charge >= 0.3 is 6.36 Å². The van der Waals surface area contributed by atoms with Crippen molar-refractivity contribution < 1.29 is 22.7 Å². The molecule has 1 N–H and O–H groups in total. The zero-order chi connectivity index (χ0) is 21.8. The second-order valence-corrected chi connectivity index (χ2v) is 6.93. The van der Waals surface area contributed by atoms with E-state index in [9.17, 15) is 18.0 Å². The van der Waals surface area contributed by atoms with Gasteiger partial charge in [-0.05, 0) is 23.8 Å². The SMILES string of the molecule is O=C(c1nccc(-c2cccc(-c3ccccc3OC(F)(F)F)c2)n1)N1CCNCC1. The highest BCUT2D eigenvalue weighted by Crippen LogP contribution is 2.35. The number of nitrogens with one attached hydrogen (secondary N) is 1. The van der Waals surface area contributed by atoms with Crippen molar-refractivity contribution in [2.75, 3.05) is 26.2 Å². The fourth-order valence-electron chi connectivity index (χ4n) is 3.40. The molecule has 160 valence electrons. The highest BCUT2D eigenvalue weighted by atomic mass is 19.4. The first-order valence-corrected chi connectivity index (χ1v) is 9.69. The summed E-state index contributed by atoms with van der Waals surface area (Å²) in [6, 6.07) is 14.5. The van der Waals surface area contributed by atoms with Crippen molar-refractivity contribution in [1.82, 2.24) is 20.2 Å². The molecule has 0 radical (unpaired) electrons. The van der Waals surface area contributed by atoms with Gasteiger partial charge < -0.3 is 15.0 Å². The molecule has 2 aromatic carbocycles. The maximum atomic E-state index is 12.8. The number of rotatable bonds is 4. The number of benzene rings is 2. The van der Waals surface area contributed by atoms with Crippen LogP contribution in [-0.2, 0) is 0 Å². The molecule has 1 aromatic heterocycles. The molecule has 0 aliphatic carbocycles. The molecule has 3 aromatic rings. The van der Waals surface area contributed by atoms with Gasteiger partial charge in [0.2, 0.25) is 5.82 Å². The van der Waals surface area contributed by atoms with Gasteiger partial charge in [0.05, 0.1) is 5.69 Å². The molecule has 1 aliphatic rings. The van der Waals surface area contributed by atoms with Crippen molar-refractivity contribution in [3.05, 3.63) is 66.6 Å². The van der Waals surface area contributed by atoms with Crippen molar-refractivity contribution in [3.63, 3.8) is 0 Å². The van der Waals surface area contributed by atoms with Crippen LogP contribution in [0.4, 0.5) is 13.2 Å². The Kier molecular flexibility index (Phi) is 5.85. The minimum absolute atomic E-state index is 0.0885. The third kappa shape index (κ3) is 5.00. The molecule has 0 saturated carbocycles. The number of aromatic nitrogens is 2. The monoisotopic (exact) mass is 428 g/mol. The second kappa shape index (κ2) is 8.73. The number of piperazine rings is 1. The molecule has 2 heterocycles. The minimum atomic E-state index is -4.79. The van der Waals surface area contributed by atoms with Gasteiger partial charge in [0, 0.05) is 43.5 Å². The Morgan fingerprint density at radius 2 is 1.74 bits per heavy atom. The van der Waals surface area contributed by atoms with Gasteiger partial charge in [0.25, 0.3) is 5.91 Å². The summed E-state index contributed by atoms with van der Waals surface area (Å²) < 4.78 is 42.5. The van der Waals surface area contributed by atoms with Crippen LogP contribution in [0.25, 0.3) is 22.4 Å². The van der Waals surface area contributed by atoms with Crippen LogP contribution >= 0.6 is 0 Å². The summed E-state index contributed by atoms with van der Waals surface area (Å²) in [4.78, 5) is 22.9. The van der Waals surface area contributed by atoms with E-state index in [-0.39, 0.29) is 17.5 Å². The topological polar surface area (TPSA) is 67.3 Å². The molecule has 0 unspecified atom stereocenters. The van der Waals surface area contributed by atoms with Crippen LogP contribution in [0.15, 0.2) is 60.8 Å². The predicted octanol–water partition coefficient (Wildman–Crippen LogP) is 3.75. The number of halogens is 3. The Balaban J connectivity index is 1.65. The molecule has 0 bridgehead atoms. The van der Waals surface area contributed by atoms with Gasteiger partial charge in [-0.1, -0.05) is 36.4 Å². The quantitative estimate of drug-likeness (QED) is 0.686. The lowest BCUT2D eigenvalue weighted by Crippen LogP contribution is -2.46. The van der Waals surface area contributed by atoms with Gasteiger partial charge in [-0.2, -0.15) is 0 Å². The van der Waals surface area contributed by atoms with E-state index < -0.39 is 6.36 Å². The van der Waals surface area contributed by atoms with Gasteiger partial charge in [-0.3, -0.25) is 4.79 Å². The number of alkyl halides is 3. The molecule has 31 heavy (non-hydrogen) atoms. The zero-order valence-corrected chi connectivity index (χ0v) is 16.4. The van der Waals surface area contributed by atoms with E-state index in [1.54, 1.807) is 47.4 Å². The Hall–Kier alpha value is -3.46. The maximum Gasteiger partial charge on any atom is 0.573 e. The van der Waals surface area contributed by atoms with E-state index in [0.29, 0.717) is 48.6 Å². The third-order valence-corrected chi connectivity index (χ3v) is 4.83. The number of amides is 1. The fourth-order valence-corrected chi connectivity index (χ4v) is 3.40. The van der Waals surface area contributed by atoms with Crippen molar-refractivity contribution in [2.45, 2.75) is 6.36 Å². The smallest absolute Gasteiger partial charge is 0.405 e. The van der Waals surface area contributed by atoms with Gasteiger partial charge in [-0.15, -0.1) is 13.2 Å². The van der Waals surface area contributed by atoms with Crippen molar-refractivity contribution >= 4 is 5.91 Å². The highest BCUT2D eigenvalue weighted by Gasteiger charge is 2.32. The highest BCUT2D eigenvalue weighted by molar-refractivity contribution is 5.91. The number of carbonyl (C=O) groups excluding carboxylic acids is 1. The third-order valence-electron chi connectivity index (χ3n) is 4.83. The molecular formula is C22H19F3N4O2. The van der Waals surface area contributed by atoms with E-state index in [1.165, 1.54) is 18.3 Å². The van der Waals surface area contributed by atoms with Crippen LogP contribution in [0.3, 0.4) is 0 Å². The van der Waals surface area contributed by atoms with E-state index in [0.717, 1.165) is 0 Å². The Morgan fingerprint density at radius 3 is 2.52 bits per heavy atom. The fraction of sp³-hybridized carbons (Fsp3) is 0.227. The van der Waals surface area contributed by atoms with Gasteiger partial charge in [-0.25, -0.2) is 9.97 Å². The molecule has 1 fully saturated rings. The summed E-state index contributed by atoms with van der Waals surface area (Å²) in [5.41, 5.74) is 1.99. The van der Waals surface area contributed by atoms with Crippen molar-refractivity contribution in [1.29, 1.82) is 0 Å². The number of hydrogen-bond acceptors (Lipinski definition) is 5. The second-order valence-electron chi connectivity index (χ2n) is 6.93. The zero-order valence-electron chi connectivity index (χ0n) is 16.4. The molecule has 1 saturated heterocycles. The Bertz CT molecular complexity index is 1080. The summed E-state index contributed by atoms with van der Waals surface area (Å²) in [5.74, 6) is -0.446. The molecule has 6 nitrogen and oxygen atoms in total. The summed E-state index contributed by atoms with van der Waals surface area (Å²) >= 11 is 0. The average molecular weight is 428 g/mol. The lowest BCUT2D eigenvalue weighted by molar-refractivity contribution is -0.274. The van der Waals surface area contributed by atoms with Crippen LogP contribution in [0.1, 0.15) is 10.6 Å². The molecule has 0 spiro atoms. The summed E-state index contributed by atoms with van der Waals surface area (Å²) in [6.45, 7) is 2.59. The molecule has 9 heteroatoms. The molecular weight excluding hydrogens is 409 g/mol. The molecule has 1 aliphatic heterocycles. The van der Waals surface area contributed by atoms with Crippen LogP contribution in [0, 0.1) is 0 Å². The van der Waals surface area contributed by atoms with Crippen LogP contribution < -0.4 is 10.1 Å². The number of hydrogen-bond donors (Lipinski definition) is 1. The normalized spacial score (nSPS) is 14.4. The first-order valence-electron chi connectivity index (χ1n) is 9.69. The van der Waals surface area contributed by atoms with E-state index >= 15 is 0 Å². The standard InChI is InChI=1S/C22H19F3N4O2/c23-22(24,25)31-19-7-2-1-6-17(19)15-4-3-5-16(14-15)18-8-9-27-20(28-18)21(30)29-12-10-26-11-13-29/h1-9,14,26H,10-13H2. The van der Waals surface area contributed by atoms with Gasteiger partial charge in [0.15, 0.2) is 0 Å². The number of nitrogens with zero attached hydrogens (tertiary/aromatic N) is 3. The lowest BCUT2D eigenvalue weighted by Gasteiger charge is -2.26. The number of carbonyl (C=O) groups is 1. The van der Waals surface area contributed by atoms with Crippen LogP contribution in [0.2, 0.25) is 0 Å². The van der Waals surface area contributed by atoms with E-state index in [2.05, 4.69) is 20.0 Å². The van der Waals surface area contributed by atoms with E-state index in [1.807, 2.05) is 0 Å². The van der Waals surface area contributed by atoms with Gasteiger partial charge in [0.1, 0.15) is 5.75 Å².